The van der Waals surface area contributed by atoms with Gasteiger partial charge >= 0.3 is 0 Å². The van der Waals surface area contributed by atoms with Gasteiger partial charge in [-0.3, -0.25) is 10.1 Å². The number of benzene rings is 2. The van der Waals surface area contributed by atoms with Crippen LogP contribution < -0.4 is 5.32 Å². The lowest BCUT2D eigenvalue weighted by atomic mass is 10.1. The smallest absolute Gasteiger partial charge is 0.272 e. The predicted molar refractivity (Wildman–Crippen MR) is 84.3 cm³/mol. The lowest BCUT2D eigenvalue weighted by Crippen LogP contribution is -2.18. The van der Waals surface area contributed by atoms with Gasteiger partial charge < -0.3 is 5.32 Å². The minimum atomic E-state index is -0.331. The number of hydrogen-bond acceptors (Lipinski definition) is 3. The fourth-order valence-corrected chi connectivity index (χ4v) is 2.21. The predicted octanol–water partition coefficient (Wildman–Crippen LogP) is 4.06. The Bertz CT molecular complexity index is 636. The molecule has 2 aromatic rings. The maximum Gasteiger partial charge on any atom is 0.272 e. The van der Waals surface area contributed by atoms with Crippen molar-refractivity contribution in [3.8, 4) is 0 Å². The van der Waals surface area contributed by atoms with Crippen LogP contribution in [0.2, 0.25) is 0 Å². The molecule has 0 saturated heterocycles. The van der Waals surface area contributed by atoms with Gasteiger partial charge in [0, 0.05) is 24.2 Å². The topological polar surface area (TPSA) is 55.2 Å². The molecule has 4 heteroatoms. The molecule has 4 nitrogen and oxygen atoms in total. The molecule has 21 heavy (non-hydrogen) atoms. The Hall–Kier alpha value is -2.20. The van der Waals surface area contributed by atoms with Gasteiger partial charge in [-0.25, -0.2) is 0 Å². The van der Waals surface area contributed by atoms with Gasteiger partial charge in [-0.2, -0.15) is 0 Å². The molecule has 0 bridgehead atoms. The summed E-state index contributed by atoms with van der Waals surface area (Å²) >= 11 is 0. The summed E-state index contributed by atoms with van der Waals surface area (Å²) in [5.41, 5.74) is 4.24. The third-order valence-corrected chi connectivity index (χ3v) is 3.66. The van der Waals surface area contributed by atoms with Crippen molar-refractivity contribution in [3.05, 3.63) is 74.8 Å². The summed E-state index contributed by atoms with van der Waals surface area (Å²) in [6.45, 7) is 6.51. The Balaban J connectivity index is 2.04. The van der Waals surface area contributed by atoms with Crippen LogP contribution in [-0.2, 0) is 6.54 Å². The summed E-state index contributed by atoms with van der Waals surface area (Å²) < 4.78 is 0. The molecule has 0 radical (unpaired) electrons. The monoisotopic (exact) mass is 284 g/mol. The molecule has 0 spiro atoms. The highest BCUT2D eigenvalue weighted by molar-refractivity contribution is 5.42. The van der Waals surface area contributed by atoms with Gasteiger partial charge in [0.2, 0.25) is 0 Å². The zero-order valence-corrected chi connectivity index (χ0v) is 12.6. The molecule has 1 N–H and O–H groups in total. The summed E-state index contributed by atoms with van der Waals surface area (Å²) in [5.74, 6) is 0. The van der Waals surface area contributed by atoms with Crippen LogP contribution in [0.4, 0.5) is 5.69 Å². The maximum atomic E-state index is 11.0. The fourth-order valence-electron chi connectivity index (χ4n) is 2.21. The van der Waals surface area contributed by atoms with Crippen LogP contribution in [-0.4, -0.2) is 4.92 Å². The van der Waals surface area contributed by atoms with E-state index in [4.69, 9.17) is 0 Å². The number of nitrogens with zero attached hydrogens (tertiary/aromatic N) is 1. The standard InChI is InChI=1S/C17H20N2O2/c1-12-4-8-16(9-5-12)14(3)18-11-15-7-6-13(2)17(10-15)19(20)21/h4-10,14,18H,11H2,1-3H3/t14-/m0/s1. The molecule has 0 aliphatic heterocycles. The highest BCUT2D eigenvalue weighted by atomic mass is 16.6. The van der Waals surface area contributed by atoms with E-state index in [1.54, 1.807) is 19.1 Å². The molecular weight excluding hydrogens is 264 g/mol. The van der Waals surface area contributed by atoms with Crippen molar-refractivity contribution in [2.45, 2.75) is 33.4 Å². The maximum absolute atomic E-state index is 11.0. The van der Waals surface area contributed by atoms with Crippen molar-refractivity contribution in [3.63, 3.8) is 0 Å². The number of rotatable bonds is 5. The van der Waals surface area contributed by atoms with Crippen molar-refractivity contribution >= 4 is 5.69 Å². The van der Waals surface area contributed by atoms with E-state index in [1.807, 2.05) is 6.07 Å². The molecule has 0 fully saturated rings. The molecule has 0 heterocycles. The van der Waals surface area contributed by atoms with Crippen LogP contribution in [0.15, 0.2) is 42.5 Å². The first-order valence-electron chi connectivity index (χ1n) is 7.01. The number of aryl methyl sites for hydroxylation is 2. The highest BCUT2D eigenvalue weighted by Gasteiger charge is 2.11. The van der Waals surface area contributed by atoms with Crippen LogP contribution in [0.5, 0.6) is 0 Å². The lowest BCUT2D eigenvalue weighted by Gasteiger charge is -2.14. The lowest BCUT2D eigenvalue weighted by molar-refractivity contribution is -0.385. The Kier molecular flexibility index (Phi) is 4.70. The Morgan fingerprint density at radius 3 is 2.43 bits per heavy atom. The number of nitro groups is 1. The van der Waals surface area contributed by atoms with Gasteiger partial charge in [-0.05, 0) is 31.9 Å². The second kappa shape index (κ2) is 6.50. The second-order valence-corrected chi connectivity index (χ2v) is 5.39. The molecule has 2 aromatic carbocycles. The van der Waals surface area contributed by atoms with Gasteiger partial charge in [0.15, 0.2) is 0 Å². The van der Waals surface area contributed by atoms with Crippen LogP contribution in [0, 0.1) is 24.0 Å². The van der Waals surface area contributed by atoms with Crippen molar-refractivity contribution in [1.29, 1.82) is 0 Å². The molecule has 0 amide bonds. The van der Waals surface area contributed by atoms with E-state index in [0.717, 1.165) is 5.56 Å². The van der Waals surface area contributed by atoms with Gasteiger partial charge in [0.05, 0.1) is 4.92 Å². The first-order valence-corrected chi connectivity index (χ1v) is 7.01. The van der Waals surface area contributed by atoms with E-state index in [1.165, 1.54) is 11.1 Å². The number of nitro benzene ring substituents is 1. The highest BCUT2D eigenvalue weighted by Crippen LogP contribution is 2.20. The number of hydrogen-bond donors (Lipinski definition) is 1. The minimum absolute atomic E-state index is 0.178. The molecule has 0 unspecified atom stereocenters. The van der Waals surface area contributed by atoms with Crippen LogP contribution in [0.1, 0.15) is 35.2 Å². The van der Waals surface area contributed by atoms with Crippen molar-refractivity contribution in [1.82, 2.24) is 5.32 Å². The molecule has 0 saturated carbocycles. The third-order valence-electron chi connectivity index (χ3n) is 3.66. The van der Waals surface area contributed by atoms with Gasteiger partial charge in [-0.15, -0.1) is 0 Å². The molecule has 110 valence electrons. The van der Waals surface area contributed by atoms with E-state index in [0.29, 0.717) is 12.1 Å². The quantitative estimate of drug-likeness (QED) is 0.665. The van der Waals surface area contributed by atoms with Crippen molar-refractivity contribution in [2.24, 2.45) is 0 Å². The fraction of sp³-hybridized carbons (Fsp3) is 0.294. The second-order valence-electron chi connectivity index (χ2n) is 5.39. The first-order chi connectivity index (χ1) is 9.97. The third kappa shape index (κ3) is 3.89. The average Bonchev–Trinajstić information content (AvgIpc) is 2.46. The van der Waals surface area contributed by atoms with Gasteiger partial charge in [0.1, 0.15) is 0 Å². The van der Waals surface area contributed by atoms with E-state index in [-0.39, 0.29) is 16.7 Å². The normalized spacial score (nSPS) is 12.1. The van der Waals surface area contributed by atoms with E-state index in [9.17, 15) is 10.1 Å². The van der Waals surface area contributed by atoms with E-state index in [2.05, 4.69) is 43.4 Å². The van der Waals surface area contributed by atoms with E-state index < -0.39 is 0 Å². The molecule has 2 rings (SSSR count). The Morgan fingerprint density at radius 1 is 1.14 bits per heavy atom. The Labute approximate surface area is 125 Å². The van der Waals surface area contributed by atoms with Gasteiger partial charge in [-0.1, -0.05) is 42.0 Å². The van der Waals surface area contributed by atoms with Crippen LogP contribution in [0.25, 0.3) is 0 Å². The summed E-state index contributed by atoms with van der Waals surface area (Å²) in [6.07, 6.45) is 0. The zero-order valence-electron chi connectivity index (χ0n) is 12.6. The summed E-state index contributed by atoms with van der Waals surface area (Å²) in [7, 11) is 0. The molecule has 0 aromatic heterocycles. The zero-order chi connectivity index (χ0) is 15.4. The first kappa shape index (κ1) is 15.2. The summed E-state index contributed by atoms with van der Waals surface area (Å²) in [5, 5.41) is 14.3. The Morgan fingerprint density at radius 2 is 1.81 bits per heavy atom. The van der Waals surface area contributed by atoms with Crippen LogP contribution in [0.3, 0.4) is 0 Å². The van der Waals surface area contributed by atoms with E-state index >= 15 is 0 Å². The molecule has 0 aliphatic carbocycles. The largest absolute Gasteiger partial charge is 0.306 e. The SMILES string of the molecule is Cc1ccc([C@H](C)NCc2ccc(C)c([N+](=O)[O-])c2)cc1. The average molecular weight is 284 g/mol. The molecule has 0 aliphatic rings. The number of nitrogens with one attached hydrogen (secondary N) is 1. The molecular formula is C17H20N2O2. The summed E-state index contributed by atoms with van der Waals surface area (Å²) in [6, 6.07) is 13.9. The van der Waals surface area contributed by atoms with Crippen molar-refractivity contribution < 1.29 is 4.92 Å². The molecule has 1 atom stereocenters. The summed E-state index contributed by atoms with van der Waals surface area (Å²) in [4.78, 5) is 10.6. The van der Waals surface area contributed by atoms with Crippen LogP contribution >= 0.6 is 0 Å². The minimum Gasteiger partial charge on any atom is -0.306 e. The van der Waals surface area contributed by atoms with Crippen molar-refractivity contribution in [2.75, 3.05) is 0 Å². The van der Waals surface area contributed by atoms with Gasteiger partial charge in [0.25, 0.3) is 5.69 Å².